The van der Waals surface area contributed by atoms with Crippen LogP contribution in [0.4, 0.5) is 0 Å². The summed E-state index contributed by atoms with van der Waals surface area (Å²) in [7, 11) is 0. The SMILES string of the molecule is CC(=O)N(CC(=O)N(Cc1ccccc1)C(C)C)Cc1ccco1. The first-order chi connectivity index (χ1) is 11.5. The maximum absolute atomic E-state index is 12.7. The fraction of sp³-hybridized carbons (Fsp3) is 0.368. The van der Waals surface area contributed by atoms with Gasteiger partial charge in [0.2, 0.25) is 11.8 Å². The Labute approximate surface area is 142 Å². The van der Waals surface area contributed by atoms with Crippen LogP contribution in [0.3, 0.4) is 0 Å². The van der Waals surface area contributed by atoms with Crippen molar-refractivity contribution in [2.75, 3.05) is 6.54 Å². The normalized spacial score (nSPS) is 10.7. The minimum absolute atomic E-state index is 0.0427. The van der Waals surface area contributed by atoms with Crippen molar-refractivity contribution in [1.82, 2.24) is 9.80 Å². The molecule has 0 spiro atoms. The van der Waals surface area contributed by atoms with Gasteiger partial charge in [-0.25, -0.2) is 0 Å². The largest absolute Gasteiger partial charge is 0.467 e. The summed E-state index contributed by atoms with van der Waals surface area (Å²) >= 11 is 0. The van der Waals surface area contributed by atoms with Gasteiger partial charge in [0.25, 0.3) is 0 Å². The van der Waals surface area contributed by atoms with Gasteiger partial charge in [0.1, 0.15) is 12.3 Å². The molecular formula is C19H24N2O3. The molecule has 5 nitrogen and oxygen atoms in total. The van der Waals surface area contributed by atoms with Crippen molar-refractivity contribution in [2.24, 2.45) is 0 Å². The standard InChI is InChI=1S/C19H24N2O3/c1-15(2)21(12-17-8-5-4-6-9-17)19(23)14-20(16(3)22)13-18-10-7-11-24-18/h4-11,15H,12-14H2,1-3H3. The van der Waals surface area contributed by atoms with E-state index in [9.17, 15) is 9.59 Å². The Bertz CT molecular complexity index is 651. The van der Waals surface area contributed by atoms with Crippen LogP contribution in [0.5, 0.6) is 0 Å². The maximum atomic E-state index is 12.7. The second-order valence-corrected chi connectivity index (χ2v) is 6.06. The van der Waals surface area contributed by atoms with Crippen LogP contribution in [-0.4, -0.2) is 34.2 Å². The third-order valence-corrected chi connectivity index (χ3v) is 3.84. The lowest BCUT2D eigenvalue weighted by Gasteiger charge is -2.29. The summed E-state index contributed by atoms with van der Waals surface area (Å²) in [4.78, 5) is 27.9. The molecule has 2 rings (SSSR count). The second-order valence-electron chi connectivity index (χ2n) is 6.06. The van der Waals surface area contributed by atoms with Gasteiger partial charge in [-0.05, 0) is 31.5 Å². The van der Waals surface area contributed by atoms with Crippen molar-refractivity contribution in [1.29, 1.82) is 0 Å². The van der Waals surface area contributed by atoms with E-state index in [1.54, 1.807) is 23.3 Å². The predicted molar refractivity (Wildman–Crippen MR) is 91.9 cm³/mol. The molecule has 24 heavy (non-hydrogen) atoms. The van der Waals surface area contributed by atoms with E-state index in [-0.39, 0.29) is 24.4 Å². The smallest absolute Gasteiger partial charge is 0.242 e. The van der Waals surface area contributed by atoms with E-state index in [4.69, 9.17) is 4.42 Å². The first-order valence-electron chi connectivity index (χ1n) is 8.08. The van der Waals surface area contributed by atoms with Crippen LogP contribution in [0.2, 0.25) is 0 Å². The fourth-order valence-corrected chi connectivity index (χ4v) is 2.46. The Morgan fingerprint density at radius 1 is 1.04 bits per heavy atom. The number of rotatable bonds is 7. The zero-order chi connectivity index (χ0) is 17.5. The lowest BCUT2D eigenvalue weighted by molar-refractivity contribution is -0.141. The highest BCUT2D eigenvalue weighted by atomic mass is 16.3. The Hall–Kier alpha value is -2.56. The van der Waals surface area contributed by atoms with E-state index < -0.39 is 0 Å². The minimum atomic E-state index is -0.150. The Morgan fingerprint density at radius 3 is 2.29 bits per heavy atom. The molecule has 0 radical (unpaired) electrons. The van der Waals surface area contributed by atoms with Crippen LogP contribution in [0.25, 0.3) is 0 Å². The molecule has 0 bridgehead atoms. The number of benzene rings is 1. The number of hydrogen-bond acceptors (Lipinski definition) is 3. The summed E-state index contributed by atoms with van der Waals surface area (Å²) in [6.07, 6.45) is 1.56. The van der Waals surface area contributed by atoms with E-state index in [2.05, 4.69) is 0 Å². The van der Waals surface area contributed by atoms with Crippen molar-refractivity contribution >= 4 is 11.8 Å². The Balaban J connectivity index is 2.06. The lowest BCUT2D eigenvalue weighted by atomic mass is 10.2. The summed E-state index contributed by atoms with van der Waals surface area (Å²) < 4.78 is 5.28. The number of hydrogen-bond donors (Lipinski definition) is 0. The second kappa shape index (κ2) is 8.34. The highest BCUT2D eigenvalue weighted by Crippen LogP contribution is 2.11. The molecule has 0 saturated carbocycles. The molecule has 5 heteroatoms. The van der Waals surface area contributed by atoms with Gasteiger partial charge in [0.05, 0.1) is 12.8 Å². The molecule has 1 heterocycles. The average molecular weight is 328 g/mol. The van der Waals surface area contributed by atoms with Crippen LogP contribution >= 0.6 is 0 Å². The molecule has 1 aromatic heterocycles. The molecular weight excluding hydrogens is 304 g/mol. The zero-order valence-electron chi connectivity index (χ0n) is 14.4. The number of nitrogens with zero attached hydrogens (tertiary/aromatic N) is 2. The van der Waals surface area contributed by atoms with Gasteiger partial charge in [-0.3, -0.25) is 9.59 Å². The van der Waals surface area contributed by atoms with Crippen molar-refractivity contribution in [3.63, 3.8) is 0 Å². The van der Waals surface area contributed by atoms with E-state index in [0.717, 1.165) is 5.56 Å². The quantitative estimate of drug-likeness (QED) is 0.785. The van der Waals surface area contributed by atoms with Gasteiger partial charge in [-0.15, -0.1) is 0 Å². The van der Waals surface area contributed by atoms with Crippen LogP contribution in [0.1, 0.15) is 32.1 Å². The highest BCUT2D eigenvalue weighted by Gasteiger charge is 2.22. The molecule has 0 saturated heterocycles. The molecule has 0 atom stereocenters. The van der Waals surface area contributed by atoms with Crippen molar-refractivity contribution in [3.8, 4) is 0 Å². The molecule has 1 aromatic carbocycles. The van der Waals surface area contributed by atoms with Crippen LogP contribution in [0, 0.1) is 0 Å². The van der Waals surface area contributed by atoms with Crippen molar-refractivity contribution < 1.29 is 14.0 Å². The van der Waals surface area contributed by atoms with Gasteiger partial charge in [-0.1, -0.05) is 30.3 Å². The van der Waals surface area contributed by atoms with Gasteiger partial charge in [0.15, 0.2) is 0 Å². The minimum Gasteiger partial charge on any atom is -0.467 e. The molecule has 0 aliphatic heterocycles. The number of carbonyl (C=O) groups excluding carboxylic acids is 2. The molecule has 2 amide bonds. The summed E-state index contributed by atoms with van der Waals surface area (Å²) in [6.45, 7) is 6.29. The highest BCUT2D eigenvalue weighted by molar-refractivity contribution is 5.84. The number of amides is 2. The van der Waals surface area contributed by atoms with Crippen LogP contribution in [-0.2, 0) is 22.7 Å². The molecule has 0 aliphatic rings. The van der Waals surface area contributed by atoms with E-state index in [1.165, 1.54) is 11.8 Å². The molecule has 128 valence electrons. The van der Waals surface area contributed by atoms with E-state index in [0.29, 0.717) is 18.8 Å². The Kier molecular flexibility index (Phi) is 6.18. The van der Waals surface area contributed by atoms with Gasteiger partial charge in [0, 0.05) is 19.5 Å². The molecule has 0 fully saturated rings. The third-order valence-electron chi connectivity index (χ3n) is 3.84. The molecule has 0 unspecified atom stereocenters. The first-order valence-corrected chi connectivity index (χ1v) is 8.08. The molecule has 0 N–H and O–H groups in total. The average Bonchev–Trinajstić information content (AvgIpc) is 3.05. The number of carbonyl (C=O) groups is 2. The lowest BCUT2D eigenvalue weighted by Crippen LogP contribution is -2.44. The summed E-state index contributed by atoms with van der Waals surface area (Å²) in [5.74, 6) is 0.441. The first kappa shape index (κ1) is 17.8. The summed E-state index contributed by atoms with van der Waals surface area (Å²) in [5.41, 5.74) is 1.07. The zero-order valence-corrected chi connectivity index (χ0v) is 14.4. The predicted octanol–water partition coefficient (Wildman–Crippen LogP) is 3.07. The maximum Gasteiger partial charge on any atom is 0.242 e. The molecule has 0 aliphatic carbocycles. The van der Waals surface area contributed by atoms with Crippen molar-refractivity contribution in [2.45, 2.75) is 39.9 Å². The summed E-state index contributed by atoms with van der Waals surface area (Å²) in [6, 6.07) is 13.5. The van der Waals surface area contributed by atoms with Crippen LogP contribution < -0.4 is 0 Å². The number of furan rings is 1. The molecule has 2 aromatic rings. The van der Waals surface area contributed by atoms with Crippen LogP contribution in [0.15, 0.2) is 53.1 Å². The summed E-state index contributed by atoms with van der Waals surface area (Å²) in [5, 5.41) is 0. The third kappa shape index (κ3) is 4.98. The Morgan fingerprint density at radius 2 is 1.75 bits per heavy atom. The topological polar surface area (TPSA) is 53.8 Å². The fourth-order valence-electron chi connectivity index (χ4n) is 2.46. The van der Waals surface area contributed by atoms with Gasteiger partial charge >= 0.3 is 0 Å². The van der Waals surface area contributed by atoms with Gasteiger partial charge < -0.3 is 14.2 Å². The van der Waals surface area contributed by atoms with E-state index >= 15 is 0 Å². The van der Waals surface area contributed by atoms with Gasteiger partial charge in [-0.2, -0.15) is 0 Å². The van der Waals surface area contributed by atoms with E-state index in [1.807, 2.05) is 44.2 Å². The van der Waals surface area contributed by atoms with Crippen molar-refractivity contribution in [3.05, 3.63) is 60.1 Å². The monoisotopic (exact) mass is 328 g/mol.